The highest BCUT2D eigenvalue weighted by molar-refractivity contribution is 8.02. The Balaban J connectivity index is 0.000000531. The van der Waals surface area contributed by atoms with Crippen LogP contribution in [0.5, 0.6) is 0 Å². The Bertz CT molecular complexity index is 361. The molecule has 1 aliphatic heterocycles. The zero-order chi connectivity index (χ0) is 11.3. The van der Waals surface area contributed by atoms with Crippen molar-refractivity contribution in [1.29, 1.82) is 0 Å². The van der Waals surface area contributed by atoms with E-state index in [1.807, 2.05) is 38.3 Å². The summed E-state index contributed by atoms with van der Waals surface area (Å²) in [4.78, 5) is 0. The van der Waals surface area contributed by atoms with E-state index in [1.54, 1.807) is 17.8 Å². The quantitative estimate of drug-likeness (QED) is 0.781. The van der Waals surface area contributed by atoms with Crippen molar-refractivity contribution in [3.63, 3.8) is 0 Å². The Hall–Kier alpha value is -0.960. The maximum atomic E-state index is 13.4. The molecular weight excluding hydrogens is 209 g/mol. The topological polar surface area (TPSA) is 12.0 Å². The second-order valence-electron chi connectivity index (χ2n) is 3.00. The van der Waals surface area contributed by atoms with E-state index in [9.17, 15) is 4.39 Å². The number of benzene rings is 1. The summed E-state index contributed by atoms with van der Waals surface area (Å²) in [6, 6.07) is 5.29. The summed E-state index contributed by atoms with van der Waals surface area (Å²) in [6.07, 6.45) is 0. The molecule has 0 aromatic heterocycles. The van der Waals surface area contributed by atoms with Crippen LogP contribution in [0.1, 0.15) is 25.0 Å². The summed E-state index contributed by atoms with van der Waals surface area (Å²) in [5.74, 6) is 0.684. The SMILES string of the molecule is CC.Cc1ccc(C2=CSCN2)c(F)c1. The maximum absolute atomic E-state index is 13.4. The Morgan fingerprint density at radius 2 is 2.07 bits per heavy atom. The van der Waals surface area contributed by atoms with Gasteiger partial charge in [-0.05, 0) is 30.0 Å². The lowest BCUT2D eigenvalue weighted by atomic mass is 10.1. The lowest BCUT2D eigenvalue weighted by Crippen LogP contribution is -2.06. The van der Waals surface area contributed by atoms with Crippen LogP contribution < -0.4 is 5.32 Å². The van der Waals surface area contributed by atoms with Gasteiger partial charge in [-0.25, -0.2) is 4.39 Å². The van der Waals surface area contributed by atoms with Gasteiger partial charge in [0, 0.05) is 5.56 Å². The van der Waals surface area contributed by atoms with Gasteiger partial charge in [0.05, 0.1) is 11.6 Å². The van der Waals surface area contributed by atoms with Gasteiger partial charge in [0.1, 0.15) is 5.82 Å². The van der Waals surface area contributed by atoms with Gasteiger partial charge in [0.2, 0.25) is 0 Å². The van der Waals surface area contributed by atoms with Gasteiger partial charge in [-0.1, -0.05) is 19.9 Å². The molecule has 0 amide bonds. The smallest absolute Gasteiger partial charge is 0.132 e. The first-order valence-electron chi connectivity index (χ1n) is 5.09. The molecule has 82 valence electrons. The summed E-state index contributed by atoms with van der Waals surface area (Å²) < 4.78 is 13.4. The molecule has 0 saturated heterocycles. The summed E-state index contributed by atoms with van der Waals surface area (Å²) in [5, 5.41) is 5.07. The second-order valence-corrected chi connectivity index (χ2v) is 3.86. The van der Waals surface area contributed by atoms with Gasteiger partial charge in [-0.15, -0.1) is 11.8 Å². The third-order valence-electron chi connectivity index (χ3n) is 1.96. The van der Waals surface area contributed by atoms with Crippen LogP contribution in [0.25, 0.3) is 5.70 Å². The highest BCUT2D eigenvalue weighted by atomic mass is 32.2. The molecule has 2 rings (SSSR count). The van der Waals surface area contributed by atoms with Crippen LogP contribution in [0.15, 0.2) is 23.6 Å². The minimum Gasteiger partial charge on any atom is -0.375 e. The van der Waals surface area contributed by atoms with E-state index in [2.05, 4.69) is 5.32 Å². The number of hydrogen-bond donors (Lipinski definition) is 1. The Morgan fingerprint density at radius 3 is 2.60 bits per heavy atom. The van der Waals surface area contributed by atoms with E-state index in [-0.39, 0.29) is 5.82 Å². The summed E-state index contributed by atoms with van der Waals surface area (Å²) in [6.45, 7) is 5.89. The third kappa shape index (κ3) is 2.99. The predicted molar refractivity (Wildman–Crippen MR) is 66.1 cm³/mol. The third-order valence-corrected chi connectivity index (χ3v) is 2.68. The average molecular weight is 225 g/mol. The zero-order valence-electron chi connectivity index (χ0n) is 9.30. The van der Waals surface area contributed by atoms with Crippen molar-refractivity contribution >= 4 is 17.5 Å². The van der Waals surface area contributed by atoms with Gasteiger partial charge >= 0.3 is 0 Å². The van der Waals surface area contributed by atoms with E-state index < -0.39 is 0 Å². The summed E-state index contributed by atoms with van der Waals surface area (Å²) in [5.41, 5.74) is 2.51. The number of hydrogen-bond acceptors (Lipinski definition) is 2. The molecule has 1 nitrogen and oxygen atoms in total. The molecule has 1 aromatic rings. The fourth-order valence-electron chi connectivity index (χ4n) is 1.28. The largest absolute Gasteiger partial charge is 0.375 e. The molecule has 0 fully saturated rings. The monoisotopic (exact) mass is 225 g/mol. The minimum absolute atomic E-state index is 0.152. The van der Waals surface area contributed by atoms with Crippen LogP contribution >= 0.6 is 11.8 Å². The number of thioether (sulfide) groups is 1. The molecule has 3 heteroatoms. The van der Waals surface area contributed by atoms with Gasteiger partial charge in [-0.2, -0.15) is 0 Å². The molecule has 0 spiro atoms. The van der Waals surface area contributed by atoms with Gasteiger partial charge < -0.3 is 5.32 Å². The van der Waals surface area contributed by atoms with Crippen molar-refractivity contribution in [2.45, 2.75) is 20.8 Å². The van der Waals surface area contributed by atoms with Crippen molar-refractivity contribution in [3.05, 3.63) is 40.6 Å². The fraction of sp³-hybridized carbons (Fsp3) is 0.333. The summed E-state index contributed by atoms with van der Waals surface area (Å²) in [7, 11) is 0. The zero-order valence-corrected chi connectivity index (χ0v) is 10.1. The molecule has 15 heavy (non-hydrogen) atoms. The first kappa shape index (κ1) is 12.1. The van der Waals surface area contributed by atoms with Crippen molar-refractivity contribution in [2.24, 2.45) is 0 Å². The number of halogens is 1. The lowest BCUT2D eigenvalue weighted by molar-refractivity contribution is 0.621. The molecule has 0 aliphatic carbocycles. The van der Waals surface area contributed by atoms with Crippen LogP contribution in [0.2, 0.25) is 0 Å². The molecule has 0 saturated carbocycles. The first-order valence-corrected chi connectivity index (χ1v) is 6.14. The normalized spacial score (nSPS) is 13.7. The molecule has 0 atom stereocenters. The number of rotatable bonds is 1. The predicted octanol–water partition coefficient (Wildman–Crippen LogP) is 3.75. The molecule has 1 aromatic carbocycles. The van der Waals surface area contributed by atoms with E-state index >= 15 is 0 Å². The molecular formula is C12H16FNS. The Labute approximate surface area is 94.8 Å². The Morgan fingerprint density at radius 1 is 1.33 bits per heavy atom. The fourth-order valence-corrected chi connectivity index (χ4v) is 1.98. The van der Waals surface area contributed by atoms with E-state index in [0.29, 0.717) is 5.56 Å². The molecule has 1 aliphatic rings. The molecule has 1 N–H and O–H groups in total. The van der Waals surface area contributed by atoms with E-state index in [0.717, 1.165) is 17.1 Å². The lowest BCUT2D eigenvalue weighted by Gasteiger charge is -2.05. The first-order chi connectivity index (χ1) is 7.27. The van der Waals surface area contributed by atoms with Crippen molar-refractivity contribution in [2.75, 3.05) is 5.88 Å². The minimum atomic E-state index is -0.152. The van der Waals surface area contributed by atoms with Crippen LogP contribution in [0, 0.1) is 12.7 Å². The van der Waals surface area contributed by atoms with Crippen LogP contribution in [-0.4, -0.2) is 5.88 Å². The Kier molecular flexibility index (Phi) is 4.69. The average Bonchev–Trinajstić information content (AvgIpc) is 2.74. The maximum Gasteiger partial charge on any atom is 0.132 e. The van der Waals surface area contributed by atoms with E-state index in [4.69, 9.17) is 0 Å². The molecule has 0 radical (unpaired) electrons. The van der Waals surface area contributed by atoms with Crippen molar-refractivity contribution in [3.8, 4) is 0 Å². The van der Waals surface area contributed by atoms with Gasteiger partial charge in [-0.3, -0.25) is 0 Å². The second kappa shape index (κ2) is 5.81. The van der Waals surface area contributed by atoms with Gasteiger partial charge in [0.25, 0.3) is 0 Å². The molecule has 1 heterocycles. The van der Waals surface area contributed by atoms with Crippen molar-refractivity contribution in [1.82, 2.24) is 5.32 Å². The highest BCUT2D eigenvalue weighted by Gasteiger charge is 2.10. The van der Waals surface area contributed by atoms with Gasteiger partial charge in [0.15, 0.2) is 0 Å². The van der Waals surface area contributed by atoms with Crippen LogP contribution in [-0.2, 0) is 0 Å². The van der Waals surface area contributed by atoms with E-state index in [1.165, 1.54) is 0 Å². The summed E-state index contributed by atoms with van der Waals surface area (Å²) >= 11 is 1.65. The molecule has 0 bridgehead atoms. The number of nitrogens with one attached hydrogen (secondary N) is 1. The molecule has 0 unspecified atom stereocenters. The highest BCUT2D eigenvalue weighted by Crippen LogP contribution is 2.24. The number of aryl methyl sites for hydroxylation is 1. The van der Waals surface area contributed by atoms with Crippen LogP contribution in [0.4, 0.5) is 4.39 Å². The van der Waals surface area contributed by atoms with Crippen LogP contribution in [0.3, 0.4) is 0 Å². The van der Waals surface area contributed by atoms with Crippen molar-refractivity contribution < 1.29 is 4.39 Å². The standard InChI is InChI=1S/C10H10FNS.C2H6/c1-7-2-3-8(9(11)4-7)10-5-13-6-12-10;1-2/h2-5,12H,6H2,1H3;1-2H3.